The van der Waals surface area contributed by atoms with E-state index in [9.17, 15) is 19.8 Å². The van der Waals surface area contributed by atoms with Gasteiger partial charge in [0, 0.05) is 10.5 Å². The van der Waals surface area contributed by atoms with Crippen molar-refractivity contribution in [3.8, 4) is 0 Å². The molecule has 202 valence electrons. The Morgan fingerprint density at radius 3 is 1.63 bits per heavy atom. The predicted molar refractivity (Wildman–Crippen MR) is 161 cm³/mol. The van der Waals surface area contributed by atoms with Crippen molar-refractivity contribution in [1.82, 2.24) is 0 Å². The third-order valence-electron chi connectivity index (χ3n) is 6.68. The molecular formula is C32H38O4S2. The topological polar surface area (TPSA) is 74.6 Å². The van der Waals surface area contributed by atoms with Gasteiger partial charge >= 0.3 is 11.9 Å². The van der Waals surface area contributed by atoms with Crippen LogP contribution in [-0.4, -0.2) is 33.7 Å². The van der Waals surface area contributed by atoms with E-state index in [1.54, 1.807) is 11.8 Å². The number of hydrogen-bond donors (Lipinski definition) is 2. The van der Waals surface area contributed by atoms with Crippen molar-refractivity contribution in [2.45, 2.75) is 62.9 Å². The summed E-state index contributed by atoms with van der Waals surface area (Å²) in [5.41, 5.74) is 4.12. The minimum absolute atomic E-state index is 0.0410. The van der Waals surface area contributed by atoms with E-state index in [4.69, 9.17) is 0 Å². The number of carboxylic acid groups (broad SMARTS) is 2. The van der Waals surface area contributed by atoms with Crippen molar-refractivity contribution in [2.24, 2.45) is 0 Å². The molecule has 2 atom stereocenters. The van der Waals surface area contributed by atoms with Crippen LogP contribution in [0.15, 0.2) is 72.8 Å². The van der Waals surface area contributed by atoms with Crippen LogP contribution < -0.4 is 0 Å². The van der Waals surface area contributed by atoms with Crippen LogP contribution in [0.5, 0.6) is 0 Å². The molecule has 0 radical (unpaired) electrons. The second kappa shape index (κ2) is 15.6. The highest BCUT2D eigenvalue weighted by Gasteiger charge is 2.30. The van der Waals surface area contributed by atoms with Crippen LogP contribution >= 0.6 is 23.5 Å². The molecule has 2 N–H and O–H groups in total. The molecule has 3 aromatic carbocycles. The smallest absolute Gasteiger partial charge is 0.336 e. The van der Waals surface area contributed by atoms with Crippen molar-refractivity contribution in [3.05, 3.63) is 106 Å². The first-order valence-corrected chi connectivity index (χ1v) is 15.5. The maximum Gasteiger partial charge on any atom is 0.336 e. The Morgan fingerprint density at radius 1 is 0.684 bits per heavy atom. The lowest BCUT2D eigenvalue weighted by Crippen LogP contribution is -2.17. The monoisotopic (exact) mass is 550 g/mol. The van der Waals surface area contributed by atoms with Gasteiger partial charge in [0.15, 0.2) is 0 Å². The van der Waals surface area contributed by atoms with E-state index in [-0.39, 0.29) is 21.6 Å². The van der Waals surface area contributed by atoms with Gasteiger partial charge in [0.05, 0.1) is 11.1 Å². The third-order valence-corrected chi connectivity index (χ3v) is 9.69. The van der Waals surface area contributed by atoms with E-state index in [2.05, 4.69) is 50.2 Å². The van der Waals surface area contributed by atoms with Gasteiger partial charge in [-0.25, -0.2) is 9.59 Å². The Morgan fingerprint density at radius 2 is 1.18 bits per heavy atom. The van der Waals surface area contributed by atoms with Gasteiger partial charge in [-0.3, -0.25) is 0 Å². The fourth-order valence-corrected chi connectivity index (χ4v) is 7.27. The number of aromatic carboxylic acids is 2. The van der Waals surface area contributed by atoms with Crippen LogP contribution in [0.3, 0.4) is 0 Å². The third kappa shape index (κ3) is 8.40. The molecule has 0 aliphatic rings. The lowest BCUT2D eigenvalue weighted by molar-refractivity contribution is 0.0650. The van der Waals surface area contributed by atoms with Crippen LogP contribution in [0.1, 0.15) is 93.0 Å². The van der Waals surface area contributed by atoms with Crippen molar-refractivity contribution >= 4 is 35.5 Å². The van der Waals surface area contributed by atoms with E-state index in [1.807, 2.05) is 42.1 Å². The fourth-order valence-electron chi connectivity index (χ4n) is 4.80. The summed E-state index contributed by atoms with van der Waals surface area (Å²) in [5.74, 6) is -0.518. The Labute approximate surface area is 235 Å². The molecule has 3 aromatic rings. The zero-order chi connectivity index (χ0) is 27.3. The molecule has 6 heteroatoms. The normalized spacial score (nSPS) is 12.7. The molecule has 3 rings (SSSR count). The summed E-state index contributed by atoms with van der Waals surface area (Å²) in [6.07, 6.45) is 5.57. The Bertz CT molecular complexity index is 1160. The van der Waals surface area contributed by atoms with Gasteiger partial charge < -0.3 is 10.2 Å². The van der Waals surface area contributed by atoms with Crippen LogP contribution in [0.2, 0.25) is 0 Å². The molecule has 0 heterocycles. The first kappa shape index (κ1) is 29.9. The number of carbonyl (C=O) groups is 2. The molecule has 38 heavy (non-hydrogen) atoms. The second-order valence-electron chi connectivity index (χ2n) is 9.31. The van der Waals surface area contributed by atoms with Gasteiger partial charge in [-0.05, 0) is 78.4 Å². The summed E-state index contributed by atoms with van der Waals surface area (Å²) in [7, 11) is 0. The first-order valence-electron chi connectivity index (χ1n) is 13.4. The molecular weight excluding hydrogens is 512 g/mol. The van der Waals surface area contributed by atoms with Crippen molar-refractivity contribution in [3.63, 3.8) is 0 Å². The van der Waals surface area contributed by atoms with Gasteiger partial charge in [-0.2, -0.15) is 23.5 Å². The van der Waals surface area contributed by atoms with Crippen LogP contribution in [-0.2, 0) is 12.8 Å². The zero-order valence-corrected chi connectivity index (χ0v) is 23.9. The number of benzene rings is 3. The highest BCUT2D eigenvalue weighted by atomic mass is 32.2. The minimum Gasteiger partial charge on any atom is -0.478 e. The highest BCUT2D eigenvalue weighted by Crippen LogP contribution is 2.44. The molecule has 0 saturated carbocycles. The van der Waals surface area contributed by atoms with Crippen LogP contribution in [0.25, 0.3) is 0 Å². The van der Waals surface area contributed by atoms with E-state index in [1.165, 1.54) is 17.2 Å². The van der Waals surface area contributed by atoms with Gasteiger partial charge in [0.2, 0.25) is 0 Å². The standard InChI is InChI=1S/C32H38O4S2/c1-3-27(37-21-11-17-23-13-7-5-8-14-23)25-19-20-26(31(33)34)30(32(35)36)29(25)28(4-2)38-22-12-18-24-15-9-6-10-16-24/h5-10,13-16,19-20,27-28H,3-4,11-12,17-18,21-22H2,1-2H3,(H,33,34)(H,35,36). The predicted octanol–water partition coefficient (Wildman–Crippen LogP) is 8.72. The summed E-state index contributed by atoms with van der Waals surface area (Å²) < 4.78 is 0. The second-order valence-corrected chi connectivity index (χ2v) is 11.9. The van der Waals surface area contributed by atoms with Crippen molar-refractivity contribution < 1.29 is 19.8 Å². The molecule has 0 aliphatic carbocycles. The molecule has 0 aliphatic heterocycles. The van der Waals surface area contributed by atoms with E-state index in [0.29, 0.717) is 5.56 Å². The summed E-state index contributed by atoms with van der Waals surface area (Å²) in [4.78, 5) is 24.5. The van der Waals surface area contributed by atoms with Crippen molar-refractivity contribution in [2.75, 3.05) is 11.5 Å². The quantitative estimate of drug-likeness (QED) is 0.174. The lowest BCUT2D eigenvalue weighted by Gasteiger charge is -2.26. The summed E-state index contributed by atoms with van der Waals surface area (Å²) >= 11 is 3.59. The molecule has 0 bridgehead atoms. The average Bonchev–Trinajstić information content (AvgIpc) is 2.93. The summed E-state index contributed by atoms with van der Waals surface area (Å²) in [6.45, 7) is 4.18. The number of hydrogen-bond acceptors (Lipinski definition) is 4. The minimum atomic E-state index is -1.19. The number of carboxylic acids is 2. The summed E-state index contributed by atoms with van der Waals surface area (Å²) in [6, 6.07) is 24.1. The summed E-state index contributed by atoms with van der Waals surface area (Å²) in [5, 5.41) is 20.1. The number of thioether (sulfide) groups is 2. The van der Waals surface area contributed by atoms with Gasteiger partial charge in [0.25, 0.3) is 0 Å². The van der Waals surface area contributed by atoms with Crippen LogP contribution in [0.4, 0.5) is 0 Å². The molecule has 0 amide bonds. The SMILES string of the molecule is CCC(SCCCc1ccccc1)c1ccc(C(=O)O)c(C(=O)O)c1C(CC)SCCCc1ccccc1. The molecule has 0 saturated heterocycles. The Hall–Kier alpha value is -2.70. The average molecular weight is 551 g/mol. The van der Waals surface area contributed by atoms with E-state index in [0.717, 1.165) is 55.6 Å². The maximum atomic E-state index is 12.5. The van der Waals surface area contributed by atoms with Gasteiger partial charge in [-0.15, -0.1) is 0 Å². The molecule has 0 spiro atoms. The van der Waals surface area contributed by atoms with Gasteiger partial charge in [-0.1, -0.05) is 80.6 Å². The number of aryl methyl sites for hydroxylation is 2. The molecule has 4 nitrogen and oxygen atoms in total. The Kier molecular flexibility index (Phi) is 12.3. The first-order chi connectivity index (χ1) is 18.5. The molecule has 2 unspecified atom stereocenters. The number of rotatable bonds is 16. The molecule has 0 fully saturated rings. The highest BCUT2D eigenvalue weighted by molar-refractivity contribution is 7.99. The lowest BCUT2D eigenvalue weighted by atomic mass is 9.90. The maximum absolute atomic E-state index is 12.5. The zero-order valence-electron chi connectivity index (χ0n) is 22.3. The Balaban J connectivity index is 1.82. The van der Waals surface area contributed by atoms with Crippen LogP contribution in [0, 0.1) is 0 Å². The van der Waals surface area contributed by atoms with Gasteiger partial charge in [0.1, 0.15) is 0 Å². The largest absolute Gasteiger partial charge is 0.478 e. The van der Waals surface area contributed by atoms with E-state index < -0.39 is 11.9 Å². The molecule has 0 aromatic heterocycles. The van der Waals surface area contributed by atoms with E-state index >= 15 is 0 Å². The van der Waals surface area contributed by atoms with Crippen molar-refractivity contribution in [1.29, 1.82) is 0 Å². The fraction of sp³-hybridized carbons (Fsp3) is 0.375.